The van der Waals surface area contributed by atoms with Crippen molar-refractivity contribution in [3.05, 3.63) is 41.0 Å². The summed E-state index contributed by atoms with van der Waals surface area (Å²) in [6, 6.07) is 7.94. The van der Waals surface area contributed by atoms with Crippen LogP contribution in [0.1, 0.15) is 31.9 Å². The number of amidine groups is 1. The molecule has 0 spiro atoms. The van der Waals surface area contributed by atoms with Crippen LogP contribution >= 0.6 is 0 Å². The van der Waals surface area contributed by atoms with Crippen LogP contribution in [0.15, 0.2) is 35.0 Å². The molecular weight excluding hydrogens is 252 g/mol. The molecule has 2 rings (SSSR count). The van der Waals surface area contributed by atoms with Gasteiger partial charge in [-0.2, -0.15) is 0 Å². The molecule has 1 saturated heterocycles. The molecule has 106 valence electrons. The summed E-state index contributed by atoms with van der Waals surface area (Å²) in [5.41, 5.74) is 2.43. The van der Waals surface area contributed by atoms with Crippen molar-refractivity contribution in [2.45, 2.75) is 33.2 Å². The van der Waals surface area contributed by atoms with E-state index >= 15 is 0 Å². The Morgan fingerprint density at radius 1 is 1.25 bits per heavy atom. The van der Waals surface area contributed by atoms with E-state index in [2.05, 4.69) is 5.16 Å². The minimum absolute atomic E-state index is 0.0171. The van der Waals surface area contributed by atoms with Crippen LogP contribution in [0, 0.1) is 6.92 Å². The van der Waals surface area contributed by atoms with Crippen LogP contribution in [0.4, 0.5) is 0 Å². The van der Waals surface area contributed by atoms with E-state index in [1.807, 2.05) is 58.0 Å². The first-order valence-electron chi connectivity index (χ1n) is 6.59. The third kappa shape index (κ3) is 2.46. The van der Waals surface area contributed by atoms with E-state index in [1.54, 1.807) is 4.90 Å². The highest BCUT2D eigenvalue weighted by Gasteiger charge is 2.45. The molecule has 1 amide bonds. The molecule has 4 heteroatoms. The lowest BCUT2D eigenvalue weighted by atomic mass is 9.92. The SMILES string of the molecule is CO/N=C1\C(=C\c2ccccc2C)C(=O)N1C(C)(C)C. The topological polar surface area (TPSA) is 41.9 Å². The molecule has 1 aromatic rings. The smallest absolute Gasteiger partial charge is 0.263 e. The maximum atomic E-state index is 12.3. The summed E-state index contributed by atoms with van der Waals surface area (Å²) in [7, 11) is 1.49. The third-order valence-corrected chi connectivity index (χ3v) is 3.22. The van der Waals surface area contributed by atoms with Crippen LogP contribution in [0.25, 0.3) is 6.08 Å². The van der Waals surface area contributed by atoms with Gasteiger partial charge in [0, 0.05) is 5.54 Å². The average Bonchev–Trinajstić information content (AvgIpc) is 2.35. The monoisotopic (exact) mass is 272 g/mol. The van der Waals surface area contributed by atoms with Gasteiger partial charge >= 0.3 is 0 Å². The van der Waals surface area contributed by atoms with Crippen molar-refractivity contribution in [1.29, 1.82) is 0 Å². The van der Waals surface area contributed by atoms with Gasteiger partial charge in [-0.15, -0.1) is 0 Å². The Hall–Kier alpha value is -2.10. The van der Waals surface area contributed by atoms with Crippen molar-refractivity contribution >= 4 is 17.8 Å². The van der Waals surface area contributed by atoms with Gasteiger partial charge in [0.1, 0.15) is 7.11 Å². The number of carbonyl (C=O) groups is 1. The molecular formula is C16H20N2O2. The number of benzene rings is 1. The summed E-state index contributed by atoms with van der Waals surface area (Å²) in [5, 5.41) is 3.99. The van der Waals surface area contributed by atoms with Crippen molar-refractivity contribution in [3.8, 4) is 0 Å². The predicted octanol–water partition coefficient (Wildman–Crippen LogP) is 2.98. The maximum Gasteiger partial charge on any atom is 0.263 e. The lowest BCUT2D eigenvalue weighted by molar-refractivity contribution is -0.129. The molecule has 20 heavy (non-hydrogen) atoms. The summed E-state index contributed by atoms with van der Waals surface area (Å²) < 4.78 is 0. The Morgan fingerprint density at radius 3 is 2.45 bits per heavy atom. The number of likely N-dealkylation sites (tertiary alicyclic amines) is 1. The van der Waals surface area contributed by atoms with Gasteiger partial charge in [-0.05, 0) is 44.9 Å². The largest absolute Gasteiger partial charge is 0.397 e. The Morgan fingerprint density at radius 2 is 1.90 bits per heavy atom. The highest BCUT2D eigenvalue weighted by Crippen LogP contribution is 2.31. The third-order valence-electron chi connectivity index (χ3n) is 3.22. The van der Waals surface area contributed by atoms with Crippen LogP contribution < -0.4 is 0 Å². The fourth-order valence-electron chi connectivity index (χ4n) is 2.21. The first-order chi connectivity index (χ1) is 9.36. The minimum atomic E-state index is -0.308. The van der Waals surface area contributed by atoms with E-state index in [0.717, 1.165) is 11.1 Å². The molecule has 1 aromatic carbocycles. The number of nitrogens with zero attached hydrogens (tertiary/aromatic N) is 2. The lowest BCUT2D eigenvalue weighted by Crippen LogP contribution is -2.60. The van der Waals surface area contributed by atoms with Gasteiger partial charge in [0.05, 0.1) is 5.57 Å². The van der Waals surface area contributed by atoms with Crippen LogP contribution in [0.3, 0.4) is 0 Å². The van der Waals surface area contributed by atoms with E-state index in [4.69, 9.17) is 4.84 Å². The molecule has 1 aliphatic rings. The Labute approximate surface area is 119 Å². The van der Waals surface area contributed by atoms with Crippen LogP contribution in [-0.2, 0) is 9.63 Å². The molecule has 0 atom stereocenters. The number of amides is 1. The fourth-order valence-corrected chi connectivity index (χ4v) is 2.21. The summed E-state index contributed by atoms with van der Waals surface area (Å²) in [6.07, 6.45) is 1.87. The minimum Gasteiger partial charge on any atom is -0.397 e. The van der Waals surface area contributed by atoms with Gasteiger partial charge in [-0.25, -0.2) is 0 Å². The van der Waals surface area contributed by atoms with Gasteiger partial charge < -0.3 is 4.84 Å². The average molecular weight is 272 g/mol. The molecule has 1 fully saturated rings. The van der Waals surface area contributed by atoms with E-state index in [9.17, 15) is 4.79 Å². The summed E-state index contributed by atoms with van der Waals surface area (Å²) in [4.78, 5) is 18.9. The van der Waals surface area contributed by atoms with Crippen molar-refractivity contribution < 1.29 is 9.63 Å². The quantitative estimate of drug-likeness (QED) is 0.472. The van der Waals surface area contributed by atoms with Gasteiger partial charge in [0.25, 0.3) is 5.91 Å². The molecule has 1 heterocycles. The first-order valence-corrected chi connectivity index (χ1v) is 6.59. The summed E-state index contributed by atoms with van der Waals surface area (Å²) in [6.45, 7) is 7.94. The lowest BCUT2D eigenvalue weighted by Gasteiger charge is -2.43. The number of carbonyl (C=O) groups excluding carboxylic acids is 1. The second kappa shape index (κ2) is 5.12. The number of oxime groups is 1. The molecule has 0 bridgehead atoms. The van der Waals surface area contributed by atoms with Gasteiger partial charge in [-0.3, -0.25) is 9.69 Å². The van der Waals surface area contributed by atoms with E-state index in [-0.39, 0.29) is 11.4 Å². The van der Waals surface area contributed by atoms with E-state index < -0.39 is 0 Å². The van der Waals surface area contributed by atoms with Gasteiger partial charge in [-0.1, -0.05) is 29.4 Å². The molecule has 0 unspecified atom stereocenters. The standard InChI is InChI=1S/C16H20N2O2/c1-11-8-6-7-9-12(11)10-13-14(17-20-5)18(15(13)19)16(2,3)4/h6-10H,1-5H3/b13-10-,17-14+. The van der Waals surface area contributed by atoms with Crippen LogP contribution in [-0.4, -0.2) is 29.3 Å². The second-order valence-electron chi connectivity index (χ2n) is 5.82. The number of rotatable bonds is 2. The molecule has 0 saturated carbocycles. The Bertz CT molecular complexity index is 595. The fraction of sp³-hybridized carbons (Fsp3) is 0.375. The zero-order chi connectivity index (χ0) is 14.9. The normalized spacial score (nSPS) is 19.4. The molecule has 0 N–H and O–H groups in total. The van der Waals surface area contributed by atoms with Crippen LogP contribution in [0.5, 0.6) is 0 Å². The number of β-lactam (4-membered cyclic amide) rings is 1. The van der Waals surface area contributed by atoms with Crippen molar-refractivity contribution in [2.24, 2.45) is 5.16 Å². The molecule has 4 nitrogen and oxygen atoms in total. The number of hydrogen-bond donors (Lipinski definition) is 0. The van der Waals surface area contributed by atoms with Gasteiger partial charge in [0.2, 0.25) is 0 Å². The highest BCUT2D eigenvalue weighted by molar-refractivity contribution is 6.38. The van der Waals surface area contributed by atoms with Crippen molar-refractivity contribution in [3.63, 3.8) is 0 Å². The molecule has 1 aliphatic heterocycles. The second-order valence-corrected chi connectivity index (χ2v) is 5.82. The predicted molar refractivity (Wildman–Crippen MR) is 80.2 cm³/mol. The van der Waals surface area contributed by atoms with Gasteiger partial charge in [0.15, 0.2) is 5.84 Å². The molecule has 0 radical (unpaired) electrons. The first kappa shape index (κ1) is 14.3. The van der Waals surface area contributed by atoms with Crippen LogP contribution in [0.2, 0.25) is 0 Å². The maximum absolute atomic E-state index is 12.3. The Balaban J connectivity index is 2.41. The molecule has 0 aromatic heterocycles. The zero-order valence-electron chi connectivity index (χ0n) is 12.6. The van der Waals surface area contributed by atoms with E-state index in [1.165, 1.54) is 7.11 Å². The highest BCUT2D eigenvalue weighted by atomic mass is 16.6. The summed E-state index contributed by atoms with van der Waals surface area (Å²) in [5.74, 6) is 0.574. The van der Waals surface area contributed by atoms with Crippen molar-refractivity contribution in [1.82, 2.24) is 4.90 Å². The summed E-state index contributed by atoms with van der Waals surface area (Å²) >= 11 is 0. The number of aryl methyl sites for hydroxylation is 1. The van der Waals surface area contributed by atoms with E-state index in [0.29, 0.717) is 11.4 Å². The number of hydrogen-bond acceptors (Lipinski definition) is 3. The zero-order valence-corrected chi connectivity index (χ0v) is 12.6. The Kier molecular flexibility index (Phi) is 3.66. The molecule has 0 aliphatic carbocycles. The van der Waals surface area contributed by atoms with Crippen molar-refractivity contribution in [2.75, 3.05) is 7.11 Å².